The molecule has 154 valence electrons. The molecule has 0 bridgehead atoms. The summed E-state index contributed by atoms with van der Waals surface area (Å²) < 4.78 is 37.6. The zero-order chi connectivity index (χ0) is 20.3. The van der Waals surface area contributed by atoms with Gasteiger partial charge in [-0.05, 0) is 24.3 Å². The summed E-state index contributed by atoms with van der Waals surface area (Å²) in [4.78, 5) is 17.4. The van der Waals surface area contributed by atoms with Gasteiger partial charge in [-0.1, -0.05) is 0 Å². The van der Waals surface area contributed by atoms with Crippen molar-refractivity contribution in [1.29, 1.82) is 0 Å². The second-order valence-corrected chi connectivity index (χ2v) is 10.5. The van der Waals surface area contributed by atoms with Gasteiger partial charge in [0.15, 0.2) is 10.8 Å². The van der Waals surface area contributed by atoms with Gasteiger partial charge in [-0.3, -0.25) is 4.79 Å². The van der Waals surface area contributed by atoms with Crippen molar-refractivity contribution < 1.29 is 22.4 Å². The van der Waals surface area contributed by atoms with Crippen molar-refractivity contribution in [2.75, 3.05) is 26.3 Å². The number of carbonyl (C=O) groups is 1. The van der Waals surface area contributed by atoms with Crippen LogP contribution in [0.2, 0.25) is 0 Å². The highest BCUT2D eigenvalue weighted by Gasteiger charge is 2.27. The predicted octanol–water partition coefficient (Wildman–Crippen LogP) is 2.34. The zero-order valence-electron chi connectivity index (χ0n) is 15.4. The average molecular weight is 454 g/mol. The van der Waals surface area contributed by atoms with E-state index in [1.807, 2.05) is 11.4 Å². The third-order valence-corrected chi connectivity index (χ3v) is 8.64. The van der Waals surface area contributed by atoms with Crippen molar-refractivity contribution in [3.05, 3.63) is 46.5 Å². The standard InChI is InChI=1S/C18H19N3O5S3/c22-16(10-13-12-27-18(20-13)15-2-1-7-26-15)19-11-14-3-4-17(28-14)29(23,24)21-5-8-25-9-6-21/h1-4,7,12H,5-6,8-11H2,(H,19,22). The smallest absolute Gasteiger partial charge is 0.252 e. The second kappa shape index (κ2) is 8.76. The number of nitrogens with one attached hydrogen (secondary N) is 1. The number of sulfonamides is 1. The van der Waals surface area contributed by atoms with Crippen molar-refractivity contribution in [3.63, 3.8) is 0 Å². The maximum absolute atomic E-state index is 12.7. The molecule has 3 aromatic heterocycles. The van der Waals surface area contributed by atoms with Gasteiger partial charge in [0.1, 0.15) is 4.21 Å². The molecule has 0 spiro atoms. The van der Waals surface area contributed by atoms with Gasteiger partial charge < -0.3 is 14.5 Å². The molecule has 1 N–H and O–H groups in total. The Morgan fingerprint density at radius 1 is 1.24 bits per heavy atom. The molecule has 3 aromatic rings. The van der Waals surface area contributed by atoms with Gasteiger partial charge in [-0.15, -0.1) is 22.7 Å². The van der Waals surface area contributed by atoms with E-state index in [-0.39, 0.29) is 23.1 Å². The SMILES string of the molecule is O=C(Cc1csc(-c2ccco2)n1)NCc1ccc(S(=O)(=O)N2CCOCC2)s1. The second-order valence-electron chi connectivity index (χ2n) is 6.31. The fraction of sp³-hybridized carbons (Fsp3) is 0.333. The highest BCUT2D eigenvalue weighted by atomic mass is 32.2. The van der Waals surface area contributed by atoms with Crippen LogP contribution in [-0.2, 0) is 32.5 Å². The van der Waals surface area contributed by atoms with Gasteiger partial charge in [0.2, 0.25) is 5.91 Å². The van der Waals surface area contributed by atoms with E-state index in [0.29, 0.717) is 37.8 Å². The summed E-state index contributed by atoms with van der Waals surface area (Å²) in [6, 6.07) is 6.93. The Labute approximate surface area is 176 Å². The number of thiophene rings is 1. The summed E-state index contributed by atoms with van der Waals surface area (Å²) >= 11 is 2.59. The fourth-order valence-corrected chi connectivity index (χ4v) is 6.46. The van der Waals surface area contributed by atoms with Gasteiger partial charge in [0.05, 0.1) is 38.1 Å². The van der Waals surface area contributed by atoms with Gasteiger partial charge >= 0.3 is 0 Å². The quantitative estimate of drug-likeness (QED) is 0.589. The Morgan fingerprint density at radius 2 is 2.07 bits per heavy atom. The molecule has 4 rings (SSSR count). The first-order valence-electron chi connectivity index (χ1n) is 8.94. The number of hydrogen-bond acceptors (Lipinski definition) is 8. The van der Waals surface area contributed by atoms with Crippen molar-refractivity contribution in [1.82, 2.24) is 14.6 Å². The number of ether oxygens (including phenoxy) is 1. The predicted molar refractivity (Wildman–Crippen MR) is 109 cm³/mol. The first-order valence-corrected chi connectivity index (χ1v) is 12.1. The summed E-state index contributed by atoms with van der Waals surface area (Å²) in [5.41, 5.74) is 0.667. The molecule has 0 saturated carbocycles. The van der Waals surface area contributed by atoms with Crippen LogP contribution < -0.4 is 5.32 Å². The van der Waals surface area contributed by atoms with Crippen LogP contribution in [0.1, 0.15) is 10.6 Å². The van der Waals surface area contributed by atoms with E-state index >= 15 is 0 Å². The van der Waals surface area contributed by atoms with Crippen molar-refractivity contribution in [2.45, 2.75) is 17.2 Å². The van der Waals surface area contributed by atoms with E-state index in [2.05, 4.69) is 10.3 Å². The van der Waals surface area contributed by atoms with Crippen LogP contribution in [0.5, 0.6) is 0 Å². The van der Waals surface area contributed by atoms with Gasteiger partial charge in [-0.25, -0.2) is 13.4 Å². The lowest BCUT2D eigenvalue weighted by Gasteiger charge is -2.25. The minimum absolute atomic E-state index is 0.154. The molecular weight excluding hydrogens is 434 g/mol. The summed E-state index contributed by atoms with van der Waals surface area (Å²) in [5.74, 6) is 0.501. The van der Waals surface area contributed by atoms with Crippen LogP contribution in [0, 0.1) is 0 Å². The molecule has 1 amide bonds. The molecule has 1 aliphatic heterocycles. The Balaban J connectivity index is 1.32. The highest BCUT2D eigenvalue weighted by Crippen LogP contribution is 2.26. The maximum atomic E-state index is 12.7. The Bertz CT molecular complexity index is 1070. The molecule has 1 aliphatic rings. The Hall–Kier alpha value is -2.05. The highest BCUT2D eigenvalue weighted by molar-refractivity contribution is 7.91. The number of hydrogen-bond donors (Lipinski definition) is 1. The van der Waals surface area contributed by atoms with E-state index in [1.54, 1.807) is 24.5 Å². The van der Waals surface area contributed by atoms with E-state index in [1.165, 1.54) is 27.0 Å². The van der Waals surface area contributed by atoms with Crippen LogP contribution in [0.4, 0.5) is 0 Å². The van der Waals surface area contributed by atoms with Gasteiger partial charge in [0.25, 0.3) is 10.0 Å². The van der Waals surface area contributed by atoms with Crippen LogP contribution >= 0.6 is 22.7 Å². The summed E-state index contributed by atoms with van der Waals surface area (Å²) in [7, 11) is -3.51. The molecular formula is C18H19N3O5S3. The van der Waals surface area contributed by atoms with E-state index in [9.17, 15) is 13.2 Å². The molecule has 0 aromatic carbocycles. The van der Waals surface area contributed by atoms with E-state index in [0.717, 1.165) is 9.88 Å². The zero-order valence-corrected chi connectivity index (χ0v) is 17.8. The molecule has 8 nitrogen and oxygen atoms in total. The van der Waals surface area contributed by atoms with Gasteiger partial charge in [-0.2, -0.15) is 4.31 Å². The van der Waals surface area contributed by atoms with Gasteiger partial charge in [0, 0.05) is 23.3 Å². The molecule has 0 unspecified atom stereocenters. The van der Waals surface area contributed by atoms with Crippen LogP contribution in [0.25, 0.3) is 10.8 Å². The number of amides is 1. The Kier molecular flexibility index (Phi) is 6.11. The first-order chi connectivity index (χ1) is 14.0. The normalized spacial score (nSPS) is 15.4. The number of nitrogens with zero attached hydrogens (tertiary/aromatic N) is 2. The first kappa shape index (κ1) is 20.2. The minimum Gasteiger partial charge on any atom is -0.462 e. The molecule has 0 atom stereocenters. The average Bonchev–Trinajstić information content (AvgIpc) is 3.48. The van der Waals surface area contributed by atoms with Crippen molar-refractivity contribution in [3.8, 4) is 10.8 Å². The fourth-order valence-electron chi connectivity index (χ4n) is 2.82. The lowest BCUT2D eigenvalue weighted by atomic mass is 10.3. The number of furan rings is 1. The molecule has 29 heavy (non-hydrogen) atoms. The van der Waals surface area contributed by atoms with Crippen LogP contribution in [0.15, 0.2) is 44.5 Å². The third-order valence-electron chi connectivity index (χ3n) is 4.29. The Morgan fingerprint density at radius 3 is 2.83 bits per heavy atom. The number of carbonyl (C=O) groups excluding carboxylic acids is 1. The lowest BCUT2D eigenvalue weighted by Crippen LogP contribution is -2.40. The summed E-state index contributed by atoms with van der Waals surface area (Å²) in [5, 5.41) is 5.38. The molecule has 1 fully saturated rings. The number of thiazole rings is 1. The molecule has 4 heterocycles. The number of aromatic nitrogens is 1. The summed E-state index contributed by atoms with van der Waals surface area (Å²) in [6.07, 6.45) is 1.74. The molecule has 1 saturated heterocycles. The largest absolute Gasteiger partial charge is 0.462 e. The summed E-state index contributed by atoms with van der Waals surface area (Å²) in [6.45, 7) is 1.81. The monoisotopic (exact) mass is 453 g/mol. The molecule has 0 aliphatic carbocycles. The molecule has 0 radical (unpaired) electrons. The van der Waals surface area contributed by atoms with Crippen molar-refractivity contribution >= 4 is 38.6 Å². The topological polar surface area (TPSA) is 102 Å². The van der Waals surface area contributed by atoms with Crippen molar-refractivity contribution in [2.24, 2.45) is 0 Å². The number of morpholine rings is 1. The van der Waals surface area contributed by atoms with E-state index < -0.39 is 10.0 Å². The van der Waals surface area contributed by atoms with Crippen LogP contribution in [-0.4, -0.2) is 49.9 Å². The maximum Gasteiger partial charge on any atom is 0.252 e. The lowest BCUT2D eigenvalue weighted by molar-refractivity contribution is -0.120. The van der Waals surface area contributed by atoms with Crippen LogP contribution in [0.3, 0.4) is 0 Å². The molecule has 11 heteroatoms. The minimum atomic E-state index is -3.51. The van der Waals surface area contributed by atoms with E-state index in [4.69, 9.17) is 9.15 Å². The third kappa shape index (κ3) is 4.75. The number of rotatable bonds is 7.